The van der Waals surface area contributed by atoms with Gasteiger partial charge in [0.05, 0.1) is 18.5 Å². The lowest BCUT2D eigenvalue weighted by molar-refractivity contribution is -0.120. The Bertz CT molecular complexity index is 455. The predicted octanol–water partition coefficient (Wildman–Crippen LogP) is 2.25. The molecule has 0 atom stereocenters. The van der Waals surface area contributed by atoms with Crippen molar-refractivity contribution in [1.82, 2.24) is 0 Å². The molecule has 0 unspecified atom stereocenters. The second-order valence-corrected chi connectivity index (χ2v) is 4.64. The highest BCUT2D eigenvalue weighted by atomic mass is 16.5. The minimum atomic E-state index is -0.534. The van der Waals surface area contributed by atoms with Crippen molar-refractivity contribution in [2.75, 3.05) is 23.9 Å². The van der Waals surface area contributed by atoms with Crippen LogP contribution in [0.2, 0.25) is 0 Å². The normalized spacial score (nSPS) is 17.4. The van der Waals surface area contributed by atoms with Crippen LogP contribution in [0.5, 0.6) is 5.75 Å². The molecule has 1 amide bonds. The largest absolute Gasteiger partial charge is 0.497 e. The summed E-state index contributed by atoms with van der Waals surface area (Å²) in [6, 6.07) is 5.69. The molecule has 0 saturated heterocycles. The van der Waals surface area contributed by atoms with Crippen LogP contribution in [0.3, 0.4) is 0 Å². The van der Waals surface area contributed by atoms with Crippen LogP contribution in [0.1, 0.15) is 20.8 Å². The maximum Gasteiger partial charge on any atom is 0.249 e. The van der Waals surface area contributed by atoms with E-state index in [-0.39, 0.29) is 5.91 Å². The molecule has 0 aromatic heterocycles. The molecule has 0 aliphatic carbocycles. The summed E-state index contributed by atoms with van der Waals surface area (Å²) in [4.78, 5) is 14.1. The molecule has 1 N–H and O–H groups in total. The third kappa shape index (κ3) is 1.73. The van der Waals surface area contributed by atoms with E-state index in [1.807, 2.05) is 39.0 Å². The molecule has 4 nitrogen and oxygen atoms in total. The number of rotatable bonds is 2. The van der Waals surface area contributed by atoms with Crippen LogP contribution in [0.4, 0.5) is 11.4 Å². The number of hydrogen-bond acceptors (Lipinski definition) is 3. The molecule has 1 heterocycles. The molecule has 1 aliphatic rings. The highest BCUT2D eigenvalue weighted by molar-refractivity contribution is 6.06. The van der Waals surface area contributed by atoms with Gasteiger partial charge in [0.25, 0.3) is 0 Å². The van der Waals surface area contributed by atoms with Gasteiger partial charge in [-0.2, -0.15) is 0 Å². The van der Waals surface area contributed by atoms with Crippen LogP contribution >= 0.6 is 0 Å². The topological polar surface area (TPSA) is 41.6 Å². The quantitative estimate of drug-likeness (QED) is 0.853. The van der Waals surface area contributed by atoms with E-state index >= 15 is 0 Å². The Balaban J connectivity index is 2.55. The Morgan fingerprint density at radius 1 is 1.41 bits per heavy atom. The molecule has 2 rings (SSSR count). The Kier molecular flexibility index (Phi) is 2.73. The number of likely N-dealkylation sites (N-methyl/N-ethyl adjacent to an activating group) is 1. The van der Waals surface area contributed by atoms with E-state index in [1.165, 1.54) is 0 Å². The fraction of sp³-hybridized carbons (Fsp3) is 0.462. The standard InChI is InChI=1S/C13H18N2O2/c1-5-15-11-8-9(17-4)6-7-10(11)14-12(16)13(15,2)3/h6-8H,5H2,1-4H3,(H,14,16). The van der Waals surface area contributed by atoms with Crippen molar-refractivity contribution in [3.63, 3.8) is 0 Å². The lowest BCUT2D eigenvalue weighted by atomic mass is 9.96. The number of nitrogens with one attached hydrogen (secondary N) is 1. The second-order valence-electron chi connectivity index (χ2n) is 4.64. The first-order valence-electron chi connectivity index (χ1n) is 5.78. The average molecular weight is 234 g/mol. The summed E-state index contributed by atoms with van der Waals surface area (Å²) in [5.41, 5.74) is 1.32. The monoisotopic (exact) mass is 234 g/mol. The van der Waals surface area contributed by atoms with E-state index in [2.05, 4.69) is 10.2 Å². The minimum absolute atomic E-state index is 0.0250. The van der Waals surface area contributed by atoms with E-state index in [0.29, 0.717) is 0 Å². The number of carbonyl (C=O) groups is 1. The van der Waals surface area contributed by atoms with E-state index in [9.17, 15) is 4.79 Å². The van der Waals surface area contributed by atoms with Crippen molar-refractivity contribution in [3.05, 3.63) is 18.2 Å². The molecule has 4 heteroatoms. The predicted molar refractivity (Wildman–Crippen MR) is 68.7 cm³/mol. The molecule has 0 saturated carbocycles. The van der Waals surface area contributed by atoms with Crippen LogP contribution < -0.4 is 15.0 Å². The van der Waals surface area contributed by atoms with Gasteiger partial charge >= 0.3 is 0 Å². The number of benzene rings is 1. The zero-order valence-electron chi connectivity index (χ0n) is 10.7. The lowest BCUT2D eigenvalue weighted by Gasteiger charge is -2.43. The third-order valence-electron chi connectivity index (χ3n) is 3.29. The summed E-state index contributed by atoms with van der Waals surface area (Å²) in [5.74, 6) is 0.825. The second kappa shape index (κ2) is 3.95. The van der Waals surface area contributed by atoms with E-state index in [0.717, 1.165) is 23.7 Å². The zero-order valence-corrected chi connectivity index (χ0v) is 10.7. The van der Waals surface area contributed by atoms with Crippen LogP contribution in [0.15, 0.2) is 18.2 Å². The molecule has 1 aromatic carbocycles. The number of anilines is 2. The summed E-state index contributed by atoms with van der Waals surface area (Å²) in [7, 11) is 1.64. The average Bonchev–Trinajstić information content (AvgIpc) is 2.30. The van der Waals surface area contributed by atoms with Crippen molar-refractivity contribution in [2.45, 2.75) is 26.3 Å². The summed E-state index contributed by atoms with van der Waals surface area (Å²) in [6.07, 6.45) is 0. The Labute approximate surface area is 102 Å². The molecule has 1 aliphatic heterocycles. The number of carbonyl (C=O) groups excluding carboxylic acids is 1. The number of fused-ring (bicyclic) bond motifs is 1. The van der Waals surface area contributed by atoms with Crippen molar-refractivity contribution in [3.8, 4) is 5.75 Å². The van der Waals surface area contributed by atoms with E-state index in [4.69, 9.17) is 4.74 Å². The molecule has 0 bridgehead atoms. The van der Waals surface area contributed by atoms with E-state index < -0.39 is 5.54 Å². The van der Waals surface area contributed by atoms with Gasteiger partial charge in [0.2, 0.25) is 5.91 Å². The number of hydrogen-bond donors (Lipinski definition) is 1. The third-order valence-corrected chi connectivity index (χ3v) is 3.29. The fourth-order valence-corrected chi connectivity index (χ4v) is 2.23. The van der Waals surface area contributed by atoms with Crippen molar-refractivity contribution >= 4 is 17.3 Å². The summed E-state index contributed by atoms with van der Waals surface area (Å²) >= 11 is 0. The minimum Gasteiger partial charge on any atom is -0.497 e. The lowest BCUT2D eigenvalue weighted by Crippen LogP contribution is -2.55. The highest BCUT2D eigenvalue weighted by Crippen LogP contribution is 2.38. The van der Waals surface area contributed by atoms with Gasteiger partial charge in [-0.3, -0.25) is 4.79 Å². The van der Waals surface area contributed by atoms with Crippen molar-refractivity contribution in [2.24, 2.45) is 0 Å². The highest BCUT2D eigenvalue weighted by Gasteiger charge is 2.39. The Morgan fingerprint density at radius 2 is 2.12 bits per heavy atom. The van der Waals surface area contributed by atoms with Gasteiger partial charge in [0.15, 0.2) is 0 Å². The van der Waals surface area contributed by atoms with Gasteiger partial charge < -0.3 is 15.0 Å². The van der Waals surface area contributed by atoms with Crippen LogP contribution in [0.25, 0.3) is 0 Å². The van der Waals surface area contributed by atoms with Crippen molar-refractivity contribution < 1.29 is 9.53 Å². The van der Waals surface area contributed by atoms with Crippen molar-refractivity contribution in [1.29, 1.82) is 0 Å². The SMILES string of the molecule is CCN1c2cc(OC)ccc2NC(=O)C1(C)C. The van der Waals surface area contributed by atoms with Gasteiger partial charge in [-0.1, -0.05) is 0 Å². The maximum absolute atomic E-state index is 12.0. The number of methoxy groups -OCH3 is 1. The van der Waals surface area contributed by atoms with Gasteiger partial charge in [0.1, 0.15) is 11.3 Å². The summed E-state index contributed by atoms with van der Waals surface area (Å²) in [6.45, 7) is 6.67. The number of ether oxygens (including phenoxy) is 1. The van der Waals surface area contributed by atoms with Gasteiger partial charge in [-0.05, 0) is 32.9 Å². The first kappa shape index (κ1) is 11.8. The molecule has 92 valence electrons. The number of nitrogens with zero attached hydrogens (tertiary/aromatic N) is 1. The Hall–Kier alpha value is -1.71. The first-order valence-corrected chi connectivity index (χ1v) is 5.78. The van der Waals surface area contributed by atoms with Gasteiger partial charge in [0, 0.05) is 12.6 Å². The first-order chi connectivity index (χ1) is 8.00. The zero-order chi connectivity index (χ0) is 12.6. The fourth-order valence-electron chi connectivity index (χ4n) is 2.23. The molecule has 1 aromatic rings. The molecular formula is C13H18N2O2. The summed E-state index contributed by atoms with van der Waals surface area (Å²) < 4.78 is 5.23. The van der Waals surface area contributed by atoms with Crippen LogP contribution in [0, 0.1) is 0 Å². The molecule has 17 heavy (non-hydrogen) atoms. The van der Waals surface area contributed by atoms with Gasteiger partial charge in [-0.15, -0.1) is 0 Å². The van der Waals surface area contributed by atoms with Crippen LogP contribution in [-0.4, -0.2) is 25.1 Å². The summed E-state index contributed by atoms with van der Waals surface area (Å²) in [5, 5.41) is 2.93. The molecule has 0 fully saturated rings. The van der Waals surface area contributed by atoms with E-state index in [1.54, 1.807) is 7.11 Å². The maximum atomic E-state index is 12.0. The van der Waals surface area contributed by atoms with Gasteiger partial charge in [-0.25, -0.2) is 0 Å². The molecule has 0 spiro atoms. The Morgan fingerprint density at radius 3 is 2.71 bits per heavy atom. The molecule has 0 radical (unpaired) electrons. The van der Waals surface area contributed by atoms with Crippen LogP contribution in [-0.2, 0) is 4.79 Å². The smallest absolute Gasteiger partial charge is 0.249 e. The number of amides is 1. The molecular weight excluding hydrogens is 216 g/mol.